The number of Topliss-reactive ketones (excluding diaryl/α,β-unsaturated/α-hetero) is 1. The number of thiophene rings is 1. The van der Waals surface area contributed by atoms with Gasteiger partial charge in [0, 0.05) is 16.0 Å². The summed E-state index contributed by atoms with van der Waals surface area (Å²) in [4.78, 5) is 33.8. The van der Waals surface area contributed by atoms with Gasteiger partial charge in [-0.15, -0.1) is 11.3 Å². The minimum absolute atomic E-state index is 0.0545. The molecule has 0 saturated heterocycles. The van der Waals surface area contributed by atoms with E-state index in [4.69, 9.17) is 9.84 Å². The van der Waals surface area contributed by atoms with Gasteiger partial charge in [0.1, 0.15) is 10.8 Å². The van der Waals surface area contributed by atoms with Gasteiger partial charge in [0.05, 0.1) is 35.4 Å². The Labute approximate surface area is 164 Å². The molecule has 27 heavy (non-hydrogen) atoms. The number of thioether (sulfide) groups is 1. The number of carboxylic acid groups (broad SMARTS) is 1. The third-order valence-electron chi connectivity index (χ3n) is 4.02. The molecular formula is C19H18N2O4S2. The van der Waals surface area contributed by atoms with Gasteiger partial charge in [-0.05, 0) is 38.1 Å². The Morgan fingerprint density at radius 1 is 1.33 bits per heavy atom. The normalized spacial score (nSPS) is 12.1. The van der Waals surface area contributed by atoms with E-state index in [1.807, 2.05) is 19.1 Å². The summed E-state index contributed by atoms with van der Waals surface area (Å²) in [5.41, 5.74) is 1.62. The number of aliphatic carboxylic acids is 1. The zero-order chi connectivity index (χ0) is 19.6. The van der Waals surface area contributed by atoms with E-state index in [0.717, 1.165) is 21.6 Å². The van der Waals surface area contributed by atoms with Crippen LogP contribution in [0.15, 0.2) is 35.5 Å². The highest BCUT2D eigenvalue weighted by Gasteiger charge is 2.19. The molecule has 140 valence electrons. The summed E-state index contributed by atoms with van der Waals surface area (Å²) in [6.07, 6.45) is 1.65. The molecule has 6 nitrogen and oxygen atoms in total. The zero-order valence-corrected chi connectivity index (χ0v) is 16.7. The first kappa shape index (κ1) is 19.3. The molecule has 1 atom stereocenters. The van der Waals surface area contributed by atoms with Crippen LogP contribution in [0, 0.1) is 6.92 Å². The van der Waals surface area contributed by atoms with E-state index in [2.05, 4.69) is 9.97 Å². The number of hydrogen-bond donors (Lipinski definition) is 1. The van der Waals surface area contributed by atoms with Crippen molar-refractivity contribution in [1.82, 2.24) is 9.97 Å². The minimum atomic E-state index is -0.901. The van der Waals surface area contributed by atoms with E-state index in [-0.39, 0.29) is 11.5 Å². The largest absolute Gasteiger partial charge is 0.495 e. The van der Waals surface area contributed by atoms with Crippen LogP contribution in [0.4, 0.5) is 0 Å². The van der Waals surface area contributed by atoms with Gasteiger partial charge in [-0.3, -0.25) is 14.6 Å². The Bertz CT molecular complexity index is 1020. The van der Waals surface area contributed by atoms with Crippen LogP contribution < -0.4 is 4.74 Å². The van der Waals surface area contributed by atoms with E-state index >= 15 is 0 Å². The molecular weight excluding hydrogens is 384 g/mol. The fourth-order valence-corrected chi connectivity index (χ4v) is 4.51. The molecule has 1 unspecified atom stereocenters. The molecule has 0 radical (unpaired) electrons. The average molecular weight is 402 g/mol. The molecule has 0 bridgehead atoms. The highest BCUT2D eigenvalue weighted by Crippen LogP contribution is 2.30. The van der Waals surface area contributed by atoms with Crippen molar-refractivity contribution in [2.24, 2.45) is 0 Å². The van der Waals surface area contributed by atoms with E-state index in [9.17, 15) is 9.59 Å². The van der Waals surface area contributed by atoms with E-state index in [1.165, 1.54) is 23.1 Å². The molecule has 0 amide bonds. The maximum absolute atomic E-state index is 12.5. The third kappa shape index (κ3) is 4.28. The monoisotopic (exact) mass is 402 g/mol. The van der Waals surface area contributed by atoms with Crippen LogP contribution in [0.3, 0.4) is 0 Å². The quantitative estimate of drug-likeness (QED) is 0.468. The fraction of sp³-hybridized carbons (Fsp3) is 0.263. The number of aryl methyl sites for hydroxylation is 1. The van der Waals surface area contributed by atoms with Crippen LogP contribution in [-0.2, 0) is 4.79 Å². The summed E-state index contributed by atoms with van der Waals surface area (Å²) in [6.45, 7) is 3.50. The summed E-state index contributed by atoms with van der Waals surface area (Å²) in [5, 5.41) is 10.7. The number of hydrogen-bond acceptors (Lipinski definition) is 7. The molecule has 3 rings (SSSR count). The van der Waals surface area contributed by atoms with Gasteiger partial charge >= 0.3 is 5.97 Å². The number of aromatic nitrogens is 2. The highest BCUT2D eigenvalue weighted by atomic mass is 32.2. The van der Waals surface area contributed by atoms with Crippen LogP contribution >= 0.6 is 23.1 Å². The zero-order valence-electron chi connectivity index (χ0n) is 15.1. The van der Waals surface area contributed by atoms with Gasteiger partial charge in [-0.25, -0.2) is 4.98 Å². The van der Waals surface area contributed by atoms with Crippen molar-refractivity contribution in [2.45, 2.75) is 24.8 Å². The minimum Gasteiger partial charge on any atom is -0.495 e. The maximum Gasteiger partial charge on any atom is 0.311 e. The molecule has 0 fully saturated rings. The first-order valence-electron chi connectivity index (χ1n) is 8.19. The van der Waals surface area contributed by atoms with E-state index < -0.39 is 11.9 Å². The summed E-state index contributed by atoms with van der Waals surface area (Å²) in [6, 6.07) is 7.14. The van der Waals surface area contributed by atoms with Gasteiger partial charge in [-0.1, -0.05) is 11.8 Å². The lowest BCUT2D eigenvalue weighted by Crippen LogP contribution is -2.05. The smallest absolute Gasteiger partial charge is 0.311 e. The van der Waals surface area contributed by atoms with Crippen molar-refractivity contribution >= 4 is 45.8 Å². The summed E-state index contributed by atoms with van der Waals surface area (Å²) < 4.78 is 5.23. The van der Waals surface area contributed by atoms with E-state index in [0.29, 0.717) is 15.5 Å². The van der Waals surface area contributed by atoms with Crippen molar-refractivity contribution in [3.63, 3.8) is 0 Å². The van der Waals surface area contributed by atoms with Crippen LogP contribution in [0.2, 0.25) is 0 Å². The number of rotatable bonds is 7. The Hall–Kier alpha value is -2.45. The first-order valence-corrected chi connectivity index (χ1v) is 9.99. The van der Waals surface area contributed by atoms with Crippen molar-refractivity contribution < 1.29 is 19.4 Å². The number of carbonyl (C=O) groups is 2. The molecule has 0 spiro atoms. The lowest BCUT2D eigenvalue weighted by Gasteiger charge is -2.08. The Morgan fingerprint density at radius 3 is 2.81 bits per heavy atom. The lowest BCUT2D eigenvalue weighted by molar-refractivity contribution is -0.138. The number of pyridine rings is 2. The molecule has 0 saturated carbocycles. The predicted molar refractivity (Wildman–Crippen MR) is 106 cm³/mol. The van der Waals surface area contributed by atoms with Gasteiger partial charge in [0.2, 0.25) is 0 Å². The van der Waals surface area contributed by atoms with Crippen molar-refractivity contribution in [1.29, 1.82) is 0 Å². The molecule has 3 heterocycles. The highest BCUT2D eigenvalue weighted by molar-refractivity contribution is 8.00. The lowest BCUT2D eigenvalue weighted by atomic mass is 10.1. The maximum atomic E-state index is 12.5. The number of methoxy groups -OCH3 is 1. The molecule has 3 aromatic heterocycles. The first-order chi connectivity index (χ1) is 12.9. The Kier molecular flexibility index (Phi) is 5.76. The summed E-state index contributed by atoms with van der Waals surface area (Å²) in [7, 11) is 1.58. The molecule has 0 aliphatic carbocycles. The molecule has 8 heteroatoms. The topological polar surface area (TPSA) is 89.4 Å². The van der Waals surface area contributed by atoms with Gasteiger partial charge in [0.25, 0.3) is 0 Å². The average Bonchev–Trinajstić information content (AvgIpc) is 3.14. The SMILES string of the molecule is COc1cnc2cc(C)nc(SCC(=O)c3ccc(C(C)C(=O)O)s3)c2c1. The van der Waals surface area contributed by atoms with Gasteiger partial charge < -0.3 is 9.84 Å². The number of ether oxygens (including phenoxy) is 1. The number of nitrogens with zero attached hydrogens (tertiary/aromatic N) is 2. The number of fused-ring (bicyclic) bond motifs is 1. The Morgan fingerprint density at radius 2 is 2.11 bits per heavy atom. The summed E-state index contributed by atoms with van der Waals surface area (Å²) in [5.74, 6) is -0.732. The second-order valence-corrected chi connectivity index (χ2v) is 8.06. The molecule has 0 aliphatic rings. The standard InChI is InChI=1S/C19H18N2O4S2/c1-10-6-14-13(7-12(25-3)8-20-14)18(21-10)26-9-15(22)17-5-4-16(27-17)11(2)19(23)24/h4-8,11H,9H2,1-3H3,(H,23,24). The Balaban J connectivity index is 1.80. The molecule has 1 N–H and O–H groups in total. The third-order valence-corrected chi connectivity index (χ3v) is 6.32. The molecule has 0 aromatic carbocycles. The van der Waals surface area contributed by atoms with Crippen molar-refractivity contribution in [3.8, 4) is 5.75 Å². The number of carboxylic acids is 1. The van der Waals surface area contributed by atoms with Crippen LogP contribution in [-0.4, -0.2) is 39.7 Å². The fourth-order valence-electron chi connectivity index (χ4n) is 2.48. The van der Waals surface area contributed by atoms with Crippen LogP contribution in [0.1, 0.15) is 33.1 Å². The number of ketones is 1. The molecule has 0 aliphatic heterocycles. The van der Waals surface area contributed by atoms with Gasteiger partial charge in [-0.2, -0.15) is 0 Å². The number of carbonyl (C=O) groups excluding carboxylic acids is 1. The second-order valence-electron chi connectivity index (χ2n) is 5.98. The second kappa shape index (κ2) is 8.06. The van der Waals surface area contributed by atoms with Crippen LogP contribution in [0.5, 0.6) is 5.75 Å². The predicted octanol–water partition coefficient (Wildman–Crippen LogP) is 4.17. The van der Waals surface area contributed by atoms with E-state index in [1.54, 1.807) is 32.4 Å². The van der Waals surface area contributed by atoms with Gasteiger partial charge in [0.15, 0.2) is 5.78 Å². The van der Waals surface area contributed by atoms with Crippen molar-refractivity contribution in [3.05, 3.63) is 45.9 Å². The summed E-state index contributed by atoms with van der Waals surface area (Å²) >= 11 is 2.57. The van der Waals surface area contributed by atoms with Crippen molar-refractivity contribution in [2.75, 3.05) is 12.9 Å². The molecule has 3 aromatic rings. The van der Waals surface area contributed by atoms with Crippen LogP contribution in [0.25, 0.3) is 10.9 Å².